The van der Waals surface area contributed by atoms with Gasteiger partial charge in [0.05, 0.1) is 20.1 Å². The van der Waals surface area contributed by atoms with E-state index in [0.29, 0.717) is 44.2 Å². The molecule has 2 amide bonds. The van der Waals surface area contributed by atoms with Crippen LogP contribution in [0.2, 0.25) is 0 Å². The zero-order valence-corrected chi connectivity index (χ0v) is 16.6. The summed E-state index contributed by atoms with van der Waals surface area (Å²) >= 11 is 0. The number of carbonyl (C=O) groups excluding carboxylic acids is 2. The Morgan fingerprint density at radius 3 is 2.79 bits per heavy atom. The minimum Gasteiger partial charge on any atom is -0.497 e. The third-order valence-corrected chi connectivity index (χ3v) is 4.89. The predicted molar refractivity (Wildman–Crippen MR) is 102 cm³/mol. The zero-order chi connectivity index (χ0) is 20.1. The molecule has 0 saturated carbocycles. The molecular formula is C20H26N4O4. The van der Waals surface area contributed by atoms with Gasteiger partial charge in [0.25, 0.3) is 5.89 Å². The lowest BCUT2D eigenvalue weighted by Crippen LogP contribution is -2.40. The molecule has 2 heterocycles. The van der Waals surface area contributed by atoms with Crippen LogP contribution in [0.25, 0.3) is 0 Å². The summed E-state index contributed by atoms with van der Waals surface area (Å²) in [5, 5.41) is 3.86. The Labute approximate surface area is 164 Å². The van der Waals surface area contributed by atoms with Crippen molar-refractivity contribution in [3.8, 4) is 5.75 Å². The summed E-state index contributed by atoms with van der Waals surface area (Å²) in [6.07, 6.45) is 1.37. The molecule has 1 aromatic carbocycles. The molecule has 0 spiro atoms. The van der Waals surface area contributed by atoms with Crippen LogP contribution >= 0.6 is 0 Å². The number of nitrogens with zero attached hydrogens (tertiary/aromatic N) is 4. The molecule has 150 valence electrons. The second-order valence-electron chi connectivity index (χ2n) is 6.86. The first-order valence-corrected chi connectivity index (χ1v) is 9.52. The van der Waals surface area contributed by atoms with Gasteiger partial charge >= 0.3 is 0 Å². The minimum atomic E-state index is -0.426. The molecule has 0 bridgehead atoms. The molecule has 0 aliphatic carbocycles. The zero-order valence-electron chi connectivity index (χ0n) is 16.6. The highest BCUT2D eigenvalue weighted by atomic mass is 16.5. The van der Waals surface area contributed by atoms with Crippen molar-refractivity contribution < 1.29 is 18.8 Å². The minimum absolute atomic E-state index is 0.000266. The lowest BCUT2D eigenvalue weighted by molar-refractivity contribution is -0.136. The van der Waals surface area contributed by atoms with Crippen LogP contribution in [-0.4, -0.2) is 58.5 Å². The Balaban J connectivity index is 1.79. The van der Waals surface area contributed by atoms with Crippen molar-refractivity contribution in [1.29, 1.82) is 0 Å². The Morgan fingerprint density at radius 2 is 2.11 bits per heavy atom. The van der Waals surface area contributed by atoms with Gasteiger partial charge < -0.3 is 19.1 Å². The molecule has 1 aliphatic rings. The summed E-state index contributed by atoms with van der Waals surface area (Å²) in [7, 11) is 1.60. The molecule has 0 radical (unpaired) electrons. The molecule has 1 atom stereocenters. The summed E-state index contributed by atoms with van der Waals surface area (Å²) < 4.78 is 10.6. The molecule has 28 heavy (non-hydrogen) atoms. The van der Waals surface area contributed by atoms with Crippen molar-refractivity contribution in [3.05, 3.63) is 41.5 Å². The lowest BCUT2D eigenvalue weighted by Gasteiger charge is -2.29. The van der Waals surface area contributed by atoms with E-state index in [1.807, 2.05) is 31.2 Å². The van der Waals surface area contributed by atoms with Crippen molar-refractivity contribution >= 4 is 11.8 Å². The molecule has 2 aromatic rings. The van der Waals surface area contributed by atoms with Gasteiger partial charge in [-0.05, 0) is 31.0 Å². The number of carbonyl (C=O) groups is 2. The molecule has 1 aromatic heterocycles. The fourth-order valence-electron chi connectivity index (χ4n) is 3.44. The third kappa shape index (κ3) is 4.49. The molecule has 1 aliphatic heterocycles. The second-order valence-corrected chi connectivity index (χ2v) is 6.86. The van der Waals surface area contributed by atoms with E-state index >= 15 is 0 Å². The van der Waals surface area contributed by atoms with Gasteiger partial charge in [-0.2, -0.15) is 4.98 Å². The van der Waals surface area contributed by atoms with Crippen LogP contribution in [0, 0.1) is 6.92 Å². The van der Waals surface area contributed by atoms with Crippen LogP contribution in [0.1, 0.15) is 43.1 Å². The first-order valence-electron chi connectivity index (χ1n) is 9.52. The summed E-state index contributed by atoms with van der Waals surface area (Å²) in [6, 6.07) is 7.06. The monoisotopic (exact) mass is 386 g/mol. The van der Waals surface area contributed by atoms with Gasteiger partial charge in [0.15, 0.2) is 5.82 Å². The van der Waals surface area contributed by atoms with Gasteiger partial charge in [-0.3, -0.25) is 9.59 Å². The van der Waals surface area contributed by atoms with E-state index in [4.69, 9.17) is 9.26 Å². The Bertz CT molecular complexity index is 835. The molecule has 1 fully saturated rings. The predicted octanol–water partition coefficient (Wildman–Crippen LogP) is 2.14. The van der Waals surface area contributed by atoms with Gasteiger partial charge in [-0.1, -0.05) is 24.2 Å². The van der Waals surface area contributed by atoms with Crippen LogP contribution < -0.4 is 4.74 Å². The van der Waals surface area contributed by atoms with Crippen LogP contribution in [0.4, 0.5) is 0 Å². The smallest absolute Gasteiger partial charge is 0.251 e. The maximum atomic E-state index is 13.0. The highest BCUT2D eigenvalue weighted by molar-refractivity contribution is 5.79. The quantitative estimate of drug-likeness (QED) is 0.782. The number of ether oxygens (including phenoxy) is 1. The van der Waals surface area contributed by atoms with E-state index in [1.54, 1.807) is 23.8 Å². The Morgan fingerprint density at radius 1 is 1.29 bits per heavy atom. The van der Waals surface area contributed by atoms with E-state index < -0.39 is 6.04 Å². The standard InChI is InChI=1S/C20H26N4O4/c1-4-18(25)24-10-6-9-23(13-17(24)20-21-14(2)22-28-20)19(26)12-15-7-5-8-16(11-15)27-3/h5,7-8,11,17H,4,6,9-10,12-13H2,1-3H3. The normalized spacial score (nSPS) is 17.3. The van der Waals surface area contributed by atoms with Gasteiger partial charge in [0.2, 0.25) is 11.8 Å². The van der Waals surface area contributed by atoms with Crippen molar-refractivity contribution in [1.82, 2.24) is 19.9 Å². The number of methoxy groups -OCH3 is 1. The molecule has 1 saturated heterocycles. The van der Waals surface area contributed by atoms with Crippen molar-refractivity contribution in [3.63, 3.8) is 0 Å². The fourth-order valence-corrected chi connectivity index (χ4v) is 3.44. The number of rotatable bonds is 5. The van der Waals surface area contributed by atoms with Crippen molar-refractivity contribution in [2.45, 2.75) is 39.2 Å². The van der Waals surface area contributed by atoms with Gasteiger partial charge in [-0.15, -0.1) is 0 Å². The number of amides is 2. The summed E-state index contributed by atoms with van der Waals surface area (Å²) in [6.45, 7) is 5.05. The topological polar surface area (TPSA) is 88.8 Å². The lowest BCUT2D eigenvalue weighted by atomic mass is 10.1. The highest BCUT2D eigenvalue weighted by Crippen LogP contribution is 2.25. The number of hydrogen-bond acceptors (Lipinski definition) is 6. The maximum Gasteiger partial charge on any atom is 0.251 e. The van der Waals surface area contributed by atoms with Crippen molar-refractivity contribution in [2.24, 2.45) is 0 Å². The largest absolute Gasteiger partial charge is 0.497 e. The number of hydrogen-bond donors (Lipinski definition) is 0. The van der Waals surface area contributed by atoms with E-state index in [1.165, 1.54) is 0 Å². The van der Waals surface area contributed by atoms with Crippen molar-refractivity contribution in [2.75, 3.05) is 26.7 Å². The average molecular weight is 386 g/mol. The number of aryl methyl sites for hydroxylation is 1. The molecule has 8 nitrogen and oxygen atoms in total. The first-order chi connectivity index (χ1) is 13.5. The average Bonchev–Trinajstić information content (AvgIpc) is 3.00. The first kappa shape index (κ1) is 19.9. The molecule has 3 rings (SSSR count). The van der Waals surface area contributed by atoms with Gasteiger partial charge in [0, 0.05) is 19.5 Å². The SMILES string of the molecule is CCC(=O)N1CCCN(C(=O)Cc2cccc(OC)c2)CC1c1nc(C)no1. The number of benzene rings is 1. The summed E-state index contributed by atoms with van der Waals surface area (Å²) in [4.78, 5) is 33.3. The van der Waals surface area contributed by atoms with Crippen LogP contribution in [0.3, 0.4) is 0 Å². The van der Waals surface area contributed by atoms with Crippen LogP contribution in [0.5, 0.6) is 5.75 Å². The van der Waals surface area contributed by atoms with E-state index in [0.717, 1.165) is 11.3 Å². The second kappa shape index (κ2) is 8.86. The highest BCUT2D eigenvalue weighted by Gasteiger charge is 2.34. The van der Waals surface area contributed by atoms with E-state index in [2.05, 4.69) is 10.1 Å². The van der Waals surface area contributed by atoms with E-state index in [-0.39, 0.29) is 18.2 Å². The molecule has 8 heteroatoms. The summed E-state index contributed by atoms with van der Waals surface area (Å²) in [5.74, 6) is 1.63. The molecule has 1 unspecified atom stereocenters. The third-order valence-electron chi connectivity index (χ3n) is 4.89. The van der Waals surface area contributed by atoms with Crippen LogP contribution in [0.15, 0.2) is 28.8 Å². The Hall–Kier alpha value is -2.90. The fraction of sp³-hybridized carbons (Fsp3) is 0.500. The summed E-state index contributed by atoms with van der Waals surface area (Å²) in [5.41, 5.74) is 0.889. The molecular weight excluding hydrogens is 360 g/mol. The van der Waals surface area contributed by atoms with Crippen LogP contribution in [-0.2, 0) is 16.0 Å². The van der Waals surface area contributed by atoms with Gasteiger partial charge in [-0.25, -0.2) is 0 Å². The Kier molecular flexibility index (Phi) is 6.28. The van der Waals surface area contributed by atoms with Gasteiger partial charge in [0.1, 0.15) is 11.8 Å². The molecule has 0 N–H and O–H groups in total. The number of aromatic nitrogens is 2. The van der Waals surface area contributed by atoms with E-state index in [9.17, 15) is 9.59 Å². The maximum absolute atomic E-state index is 13.0.